The zero-order valence-corrected chi connectivity index (χ0v) is 21.4. The quantitative estimate of drug-likeness (QED) is 0.468. The highest BCUT2D eigenvalue weighted by Crippen LogP contribution is 2.31. The van der Waals surface area contributed by atoms with Crippen molar-refractivity contribution in [2.24, 2.45) is 0 Å². The molecule has 0 saturated carbocycles. The molecule has 1 aliphatic rings. The molecule has 1 saturated heterocycles. The topological polar surface area (TPSA) is 82.9 Å². The summed E-state index contributed by atoms with van der Waals surface area (Å²) in [6.45, 7) is 13.1. The van der Waals surface area contributed by atoms with Crippen molar-refractivity contribution in [3.05, 3.63) is 81.2 Å². The van der Waals surface area contributed by atoms with Gasteiger partial charge < -0.3 is 9.88 Å². The number of rotatable bonds is 4. The van der Waals surface area contributed by atoms with E-state index in [0.29, 0.717) is 24.5 Å². The summed E-state index contributed by atoms with van der Waals surface area (Å²) in [5, 5.41) is 13.7. The van der Waals surface area contributed by atoms with E-state index >= 15 is 0 Å². The molecule has 5 rings (SSSR count). The number of aromatic amines is 1. The van der Waals surface area contributed by atoms with Crippen molar-refractivity contribution in [3.63, 3.8) is 0 Å². The lowest BCUT2D eigenvalue weighted by molar-refractivity contribution is 0.190. The number of benzene rings is 2. The molecule has 2 aromatic heterocycles. The number of halogens is 1. The molecule has 0 bridgehead atoms. The van der Waals surface area contributed by atoms with E-state index in [-0.39, 0.29) is 16.9 Å². The number of H-pyrrole nitrogens is 1. The first-order valence-electron chi connectivity index (χ1n) is 12.3. The molecule has 3 heterocycles. The normalized spacial score (nSPS) is 16.0. The van der Waals surface area contributed by atoms with Gasteiger partial charge in [0.15, 0.2) is 5.82 Å². The molecule has 4 aromatic rings. The van der Waals surface area contributed by atoms with Crippen LogP contribution in [0, 0.1) is 19.7 Å². The summed E-state index contributed by atoms with van der Waals surface area (Å²) in [6.07, 6.45) is 0. The number of piperazine rings is 1. The Balaban J connectivity index is 1.56. The van der Waals surface area contributed by atoms with Crippen molar-refractivity contribution in [3.8, 4) is 0 Å². The Morgan fingerprint density at radius 3 is 2.31 bits per heavy atom. The zero-order valence-electron chi connectivity index (χ0n) is 21.4. The zero-order chi connectivity index (χ0) is 25.6. The Morgan fingerprint density at radius 2 is 1.64 bits per heavy atom. The molecule has 1 atom stereocenters. The Morgan fingerprint density at radius 1 is 0.972 bits per heavy atom. The number of hydrogen-bond donors (Lipinski definition) is 1. The van der Waals surface area contributed by atoms with Crippen LogP contribution in [0.15, 0.2) is 47.3 Å². The van der Waals surface area contributed by atoms with Crippen molar-refractivity contribution in [2.45, 2.75) is 46.2 Å². The van der Waals surface area contributed by atoms with Crippen LogP contribution in [0.1, 0.15) is 49.3 Å². The number of pyridine rings is 1. The maximum Gasteiger partial charge on any atom is 0.253 e. The maximum absolute atomic E-state index is 13.5. The third kappa shape index (κ3) is 4.51. The van der Waals surface area contributed by atoms with Gasteiger partial charge in [-0.05, 0) is 104 Å². The van der Waals surface area contributed by atoms with Crippen LogP contribution in [0.5, 0.6) is 0 Å². The standard InChI is InChI=1S/C27H32FN7O/c1-17-14-19-16-22(26(36)29-23(19)15-18(17)2)24(25-30-31-32-35(25)27(3,4)5)34-12-10-33(11-13-34)21-8-6-20(28)7-9-21/h6-9,14-16,24H,10-13H2,1-5H3,(H,29,36)/t24-/m0/s1. The predicted molar refractivity (Wildman–Crippen MR) is 139 cm³/mol. The summed E-state index contributed by atoms with van der Waals surface area (Å²) < 4.78 is 15.2. The second-order valence-corrected chi connectivity index (χ2v) is 10.6. The minimum absolute atomic E-state index is 0.139. The van der Waals surface area contributed by atoms with Gasteiger partial charge in [0.1, 0.15) is 11.9 Å². The van der Waals surface area contributed by atoms with Gasteiger partial charge in [0.05, 0.1) is 5.54 Å². The predicted octanol–water partition coefficient (Wildman–Crippen LogP) is 3.94. The largest absolute Gasteiger partial charge is 0.369 e. The molecule has 2 aromatic carbocycles. The van der Waals surface area contributed by atoms with Crippen LogP contribution in [-0.2, 0) is 5.54 Å². The second kappa shape index (κ2) is 9.13. The van der Waals surface area contributed by atoms with Crippen LogP contribution in [0.25, 0.3) is 10.9 Å². The van der Waals surface area contributed by atoms with E-state index in [2.05, 4.69) is 43.3 Å². The van der Waals surface area contributed by atoms with Gasteiger partial charge >= 0.3 is 0 Å². The molecule has 1 aliphatic heterocycles. The number of anilines is 1. The summed E-state index contributed by atoms with van der Waals surface area (Å²) in [5.74, 6) is 0.402. The van der Waals surface area contributed by atoms with E-state index in [4.69, 9.17) is 0 Å². The van der Waals surface area contributed by atoms with Crippen LogP contribution in [0.3, 0.4) is 0 Å². The molecule has 8 nitrogen and oxygen atoms in total. The molecular weight excluding hydrogens is 457 g/mol. The summed E-state index contributed by atoms with van der Waals surface area (Å²) >= 11 is 0. The second-order valence-electron chi connectivity index (χ2n) is 10.6. The van der Waals surface area contributed by atoms with Gasteiger partial charge in [-0.3, -0.25) is 9.69 Å². The van der Waals surface area contributed by atoms with Gasteiger partial charge in [0, 0.05) is 42.9 Å². The molecule has 0 amide bonds. The fraction of sp³-hybridized carbons (Fsp3) is 0.407. The Bertz CT molecular complexity index is 1440. The number of nitrogens with zero attached hydrogens (tertiary/aromatic N) is 6. The number of aryl methyl sites for hydroxylation is 2. The molecule has 0 radical (unpaired) electrons. The van der Waals surface area contributed by atoms with E-state index in [9.17, 15) is 9.18 Å². The van der Waals surface area contributed by atoms with Gasteiger partial charge in [-0.1, -0.05) is 0 Å². The third-order valence-corrected chi connectivity index (χ3v) is 7.03. The monoisotopic (exact) mass is 489 g/mol. The summed E-state index contributed by atoms with van der Waals surface area (Å²) in [7, 11) is 0. The van der Waals surface area contributed by atoms with Crippen molar-refractivity contribution < 1.29 is 4.39 Å². The van der Waals surface area contributed by atoms with E-state index in [1.165, 1.54) is 17.7 Å². The fourth-order valence-corrected chi connectivity index (χ4v) is 4.93. The summed E-state index contributed by atoms with van der Waals surface area (Å²) in [6, 6.07) is 12.3. The molecule has 188 valence electrons. The minimum atomic E-state index is -0.413. The maximum atomic E-state index is 13.5. The van der Waals surface area contributed by atoms with E-state index in [1.807, 2.05) is 44.5 Å². The van der Waals surface area contributed by atoms with Crippen molar-refractivity contribution in [1.82, 2.24) is 30.1 Å². The first kappa shape index (κ1) is 24.1. The van der Waals surface area contributed by atoms with Gasteiger partial charge in [-0.15, -0.1) is 5.10 Å². The smallest absolute Gasteiger partial charge is 0.253 e. The number of nitrogens with one attached hydrogen (secondary N) is 1. The lowest BCUT2D eigenvalue weighted by Crippen LogP contribution is -2.49. The number of tetrazole rings is 1. The van der Waals surface area contributed by atoms with E-state index in [0.717, 1.165) is 35.2 Å². The average Bonchev–Trinajstić information content (AvgIpc) is 3.32. The highest BCUT2D eigenvalue weighted by atomic mass is 19.1. The molecule has 1 fully saturated rings. The molecular formula is C27H32FN7O. The number of hydrogen-bond acceptors (Lipinski definition) is 6. The van der Waals surface area contributed by atoms with Crippen LogP contribution >= 0.6 is 0 Å². The van der Waals surface area contributed by atoms with Crippen LogP contribution in [0.2, 0.25) is 0 Å². The van der Waals surface area contributed by atoms with E-state index < -0.39 is 6.04 Å². The molecule has 9 heteroatoms. The van der Waals surface area contributed by atoms with Crippen LogP contribution < -0.4 is 10.5 Å². The SMILES string of the molecule is Cc1cc2cc([C@@H](c3nnnn3C(C)(C)C)N3CCN(c4ccc(F)cc4)CC3)c(=O)[nH]c2cc1C. The van der Waals surface area contributed by atoms with E-state index in [1.54, 1.807) is 12.1 Å². The Labute approximate surface area is 209 Å². The summed E-state index contributed by atoms with van der Waals surface area (Å²) in [5.41, 5.74) is 4.25. The lowest BCUT2D eigenvalue weighted by Gasteiger charge is -2.40. The average molecular weight is 490 g/mol. The third-order valence-electron chi connectivity index (χ3n) is 7.03. The van der Waals surface area contributed by atoms with Crippen molar-refractivity contribution >= 4 is 16.6 Å². The molecule has 1 N–H and O–H groups in total. The van der Waals surface area contributed by atoms with Gasteiger partial charge in [-0.25, -0.2) is 9.07 Å². The van der Waals surface area contributed by atoms with Gasteiger partial charge in [-0.2, -0.15) is 0 Å². The Kier molecular flexibility index (Phi) is 6.12. The van der Waals surface area contributed by atoms with Crippen LogP contribution in [0.4, 0.5) is 10.1 Å². The van der Waals surface area contributed by atoms with Crippen molar-refractivity contribution in [2.75, 3.05) is 31.1 Å². The molecule has 36 heavy (non-hydrogen) atoms. The van der Waals surface area contributed by atoms with Gasteiger partial charge in [0.2, 0.25) is 0 Å². The first-order valence-corrected chi connectivity index (χ1v) is 12.3. The van der Waals surface area contributed by atoms with Gasteiger partial charge in [0.25, 0.3) is 5.56 Å². The number of fused-ring (bicyclic) bond motifs is 1. The molecule has 0 unspecified atom stereocenters. The van der Waals surface area contributed by atoms with Crippen LogP contribution in [-0.4, -0.2) is 56.3 Å². The lowest BCUT2D eigenvalue weighted by atomic mass is 9.99. The first-order chi connectivity index (χ1) is 17.1. The van der Waals surface area contributed by atoms with Crippen molar-refractivity contribution in [1.29, 1.82) is 0 Å². The highest BCUT2D eigenvalue weighted by molar-refractivity contribution is 5.81. The molecule has 0 spiro atoms. The number of aromatic nitrogens is 5. The Hall–Kier alpha value is -3.59. The highest BCUT2D eigenvalue weighted by Gasteiger charge is 2.35. The fourth-order valence-electron chi connectivity index (χ4n) is 4.93. The minimum Gasteiger partial charge on any atom is -0.369 e. The molecule has 0 aliphatic carbocycles. The summed E-state index contributed by atoms with van der Waals surface area (Å²) in [4.78, 5) is 21.1.